The number of carbonyl (C=O) groups excluding carboxylic acids is 3. The van der Waals surface area contributed by atoms with Gasteiger partial charge in [-0.1, -0.05) is 41.5 Å². The van der Waals surface area contributed by atoms with E-state index in [4.69, 9.17) is 9.47 Å². The molecule has 6 heteroatoms. The summed E-state index contributed by atoms with van der Waals surface area (Å²) in [6, 6.07) is 0. The van der Waals surface area contributed by atoms with Gasteiger partial charge in [0.25, 0.3) is 0 Å². The lowest BCUT2D eigenvalue weighted by Crippen LogP contribution is -2.58. The predicted molar refractivity (Wildman–Crippen MR) is 141 cm³/mol. The SMILES string of the molecule is CC.CC.COC(=O)C(CCC1CCC2C3C(O)CC4CC(=O)CCC4(C)C3CCC12C)C(=O)OC. The molecule has 0 radical (unpaired) electrons. The fourth-order valence-electron chi connectivity index (χ4n) is 8.58. The van der Waals surface area contributed by atoms with Crippen molar-refractivity contribution in [3.8, 4) is 0 Å². The third kappa shape index (κ3) is 5.54. The van der Waals surface area contributed by atoms with Gasteiger partial charge in [0.15, 0.2) is 5.92 Å². The maximum atomic E-state index is 12.1. The highest BCUT2D eigenvalue weighted by Crippen LogP contribution is 2.67. The smallest absolute Gasteiger partial charge is 0.320 e. The summed E-state index contributed by atoms with van der Waals surface area (Å²) in [6.45, 7) is 12.8. The van der Waals surface area contributed by atoms with Crippen molar-refractivity contribution in [2.45, 2.75) is 112 Å². The molecule has 4 fully saturated rings. The second-order valence-corrected chi connectivity index (χ2v) is 11.5. The number of methoxy groups -OCH3 is 2. The third-order valence-corrected chi connectivity index (χ3v) is 10.5. The van der Waals surface area contributed by atoms with E-state index in [-0.39, 0.29) is 16.9 Å². The molecule has 0 aromatic carbocycles. The van der Waals surface area contributed by atoms with Gasteiger partial charge in [-0.2, -0.15) is 0 Å². The predicted octanol–water partition coefficient (Wildman–Crippen LogP) is 5.98. The van der Waals surface area contributed by atoms with Crippen LogP contribution in [0.2, 0.25) is 0 Å². The Labute approximate surface area is 219 Å². The van der Waals surface area contributed by atoms with Crippen molar-refractivity contribution in [2.75, 3.05) is 14.2 Å². The Morgan fingerprint density at radius 1 is 0.944 bits per heavy atom. The van der Waals surface area contributed by atoms with Gasteiger partial charge in [-0.05, 0) is 91.8 Å². The van der Waals surface area contributed by atoms with Crippen LogP contribution in [0.25, 0.3) is 0 Å². The van der Waals surface area contributed by atoms with Crippen molar-refractivity contribution in [1.29, 1.82) is 0 Å². The lowest BCUT2D eigenvalue weighted by Gasteiger charge is -2.61. The van der Waals surface area contributed by atoms with Gasteiger partial charge in [0, 0.05) is 12.8 Å². The summed E-state index contributed by atoms with van der Waals surface area (Å²) in [7, 11) is 2.62. The van der Waals surface area contributed by atoms with Crippen molar-refractivity contribution in [2.24, 2.45) is 46.3 Å². The first kappa shape index (κ1) is 30.8. The molecule has 6 nitrogen and oxygen atoms in total. The largest absolute Gasteiger partial charge is 0.468 e. The van der Waals surface area contributed by atoms with Crippen molar-refractivity contribution in [3.05, 3.63) is 0 Å². The summed E-state index contributed by atoms with van der Waals surface area (Å²) < 4.78 is 9.68. The van der Waals surface area contributed by atoms with Crippen molar-refractivity contribution in [3.63, 3.8) is 0 Å². The van der Waals surface area contributed by atoms with Crippen LogP contribution in [0.1, 0.15) is 106 Å². The van der Waals surface area contributed by atoms with Gasteiger partial charge in [-0.15, -0.1) is 0 Å². The highest BCUT2D eigenvalue weighted by molar-refractivity contribution is 5.94. The van der Waals surface area contributed by atoms with Crippen LogP contribution in [0.3, 0.4) is 0 Å². The van der Waals surface area contributed by atoms with Gasteiger partial charge in [0.2, 0.25) is 0 Å². The number of ether oxygens (including phenoxy) is 2. The molecule has 0 saturated heterocycles. The average Bonchev–Trinajstić information content (AvgIpc) is 3.23. The minimum Gasteiger partial charge on any atom is -0.468 e. The van der Waals surface area contributed by atoms with E-state index in [1.807, 2.05) is 27.7 Å². The zero-order valence-electron chi connectivity index (χ0n) is 24.1. The first-order valence-corrected chi connectivity index (χ1v) is 14.5. The quantitative estimate of drug-likeness (QED) is 0.363. The van der Waals surface area contributed by atoms with E-state index in [9.17, 15) is 19.5 Å². The summed E-state index contributed by atoms with van der Waals surface area (Å²) in [5.74, 6) is 0.464. The summed E-state index contributed by atoms with van der Waals surface area (Å²) in [5.41, 5.74) is 0.282. The number of ketones is 1. The number of hydrogen-bond acceptors (Lipinski definition) is 6. The molecule has 0 spiro atoms. The highest BCUT2D eigenvalue weighted by atomic mass is 16.5. The first-order chi connectivity index (χ1) is 17.2. The van der Waals surface area contributed by atoms with Crippen LogP contribution in [0.5, 0.6) is 0 Å². The van der Waals surface area contributed by atoms with Crippen molar-refractivity contribution in [1.82, 2.24) is 0 Å². The van der Waals surface area contributed by atoms with Crippen molar-refractivity contribution < 1.29 is 29.0 Å². The number of fused-ring (bicyclic) bond motifs is 5. The molecular weight excluding hydrogens is 456 g/mol. The summed E-state index contributed by atoms with van der Waals surface area (Å²) >= 11 is 0. The number of aliphatic hydroxyl groups excluding tert-OH is 1. The van der Waals surface area contributed by atoms with Gasteiger partial charge in [0.05, 0.1) is 20.3 Å². The normalized spacial score (nSPS) is 38.8. The zero-order chi connectivity index (χ0) is 27.3. The van der Waals surface area contributed by atoms with Crippen molar-refractivity contribution >= 4 is 17.7 Å². The maximum absolute atomic E-state index is 12.1. The molecule has 0 aromatic rings. The Morgan fingerprint density at radius 3 is 2.11 bits per heavy atom. The second kappa shape index (κ2) is 12.9. The molecule has 0 bridgehead atoms. The molecule has 8 atom stereocenters. The van der Waals surface area contributed by atoms with Gasteiger partial charge < -0.3 is 14.6 Å². The molecule has 8 unspecified atom stereocenters. The minimum atomic E-state index is -0.858. The van der Waals surface area contributed by atoms with Crippen LogP contribution < -0.4 is 0 Å². The Balaban J connectivity index is 0.00000109. The number of aliphatic hydroxyl groups is 1. The van der Waals surface area contributed by atoms with Crippen LogP contribution in [-0.4, -0.2) is 43.2 Å². The summed E-state index contributed by atoms with van der Waals surface area (Å²) in [5, 5.41) is 11.3. The Morgan fingerprint density at radius 2 is 1.53 bits per heavy atom. The molecule has 208 valence electrons. The zero-order valence-corrected chi connectivity index (χ0v) is 24.1. The van der Waals surface area contributed by atoms with E-state index in [1.54, 1.807) is 0 Å². The number of Topliss-reactive ketones (excluding diaryl/α,β-unsaturated/α-hetero) is 1. The molecule has 4 aliphatic carbocycles. The fourth-order valence-corrected chi connectivity index (χ4v) is 8.58. The molecule has 1 N–H and O–H groups in total. The topological polar surface area (TPSA) is 89.9 Å². The lowest BCUT2D eigenvalue weighted by molar-refractivity contribution is -0.167. The Kier molecular flexibility index (Phi) is 11.0. The van der Waals surface area contributed by atoms with E-state index < -0.39 is 17.9 Å². The molecule has 0 heterocycles. The van der Waals surface area contributed by atoms with Gasteiger partial charge in [-0.3, -0.25) is 14.4 Å². The first-order valence-electron chi connectivity index (χ1n) is 14.5. The van der Waals surface area contributed by atoms with Gasteiger partial charge in [-0.25, -0.2) is 0 Å². The average molecular weight is 509 g/mol. The molecule has 0 aromatic heterocycles. The molecule has 4 saturated carbocycles. The monoisotopic (exact) mass is 508 g/mol. The van der Waals surface area contributed by atoms with E-state index in [2.05, 4.69) is 13.8 Å². The van der Waals surface area contributed by atoms with Crippen LogP contribution >= 0.6 is 0 Å². The summed E-state index contributed by atoms with van der Waals surface area (Å²) in [6.07, 6.45) is 8.37. The van der Waals surface area contributed by atoms with E-state index >= 15 is 0 Å². The number of esters is 2. The van der Waals surface area contributed by atoms with E-state index in [1.165, 1.54) is 14.2 Å². The van der Waals surface area contributed by atoms with E-state index in [0.29, 0.717) is 54.6 Å². The molecule has 4 rings (SSSR count). The van der Waals surface area contributed by atoms with Crippen LogP contribution in [0.4, 0.5) is 0 Å². The van der Waals surface area contributed by atoms with Gasteiger partial charge >= 0.3 is 11.9 Å². The lowest BCUT2D eigenvalue weighted by atomic mass is 9.44. The standard InChI is InChI=1S/C26H40O6.2C2H6/c1-25-12-10-20-22(21(28)14-16-13-17(27)9-11-26(16,20)2)19(25)8-6-15(25)5-7-18(23(29)31-3)24(30)32-4;2*1-2/h15-16,18-22,28H,5-14H2,1-4H3;2*1-2H3. The van der Waals surface area contributed by atoms with Gasteiger partial charge in [0.1, 0.15) is 5.78 Å². The molecule has 0 aliphatic heterocycles. The number of carbonyl (C=O) groups is 3. The highest BCUT2D eigenvalue weighted by Gasteiger charge is 2.62. The van der Waals surface area contributed by atoms with Crippen LogP contribution in [0, 0.1) is 46.3 Å². The van der Waals surface area contributed by atoms with Crippen LogP contribution in [0.15, 0.2) is 0 Å². The third-order valence-electron chi connectivity index (χ3n) is 10.5. The molecule has 36 heavy (non-hydrogen) atoms. The number of hydrogen-bond donors (Lipinski definition) is 1. The Bertz CT molecular complexity index is 749. The Hall–Kier alpha value is -1.43. The number of rotatable bonds is 5. The fraction of sp³-hybridized carbons (Fsp3) is 0.900. The molecule has 4 aliphatic rings. The van der Waals surface area contributed by atoms with Crippen LogP contribution in [-0.2, 0) is 23.9 Å². The molecular formula is C30H52O6. The molecule has 0 amide bonds. The second-order valence-electron chi connectivity index (χ2n) is 11.5. The summed E-state index contributed by atoms with van der Waals surface area (Å²) in [4.78, 5) is 36.4. The minimum absolute atomic E-state index is 0.118. The van der Waals surface area contributed by atoms with E-state index in [0.717, 1.165) is 44.9 Å². The maximum Gasteiger partial charge on any atom is 0.320 e.